The number of amides is 1. The summed E-state index contributed by atoms with van der Waals surface area (Å²) in [6, 6.07) is 16.3. The van der Waals surface area contributed by atoms with Crippen molar-refractivity contribution in [2.45, 2.75) is 19.1 Å². The second-order valence-electron chi connectivity index (χ2n) is 7.13. The molecule has 7 heteroatoms. The molecule has 0 saturated carbocycles. The van der Waals surface area contributed by atoms with Crippen LogP contribution in [-0.4, -0.2) is 16.0 Å². The van der Waals surface area contributed by atoms with Crippen LogP contribution in [0.15, 0.2) is 70.5 Å². The number of aliphatic hydroxyl groups is 1. The molecule has 0 bridgehead atoms. The van der Waals surface area contributed by atoms with E-state index in [2.05, 4.69) is 4.98 Å². The van der Waals surface area contributed by atoms with Crippen LogP contribution in [0, 0.1) is 12.7 Å². The summed E-state index contributed by atoms with van der Waals surface area (Å²) in [4.78, 5) is 20.4. The summed E-state index contributed by atoms with van der Waals surface area (Å²) in [5.41, 5.74) is -0.189. The highest BCUT2D eigenvalue weighted by molar-refractivity contribution is 7.13. The Balaban J connectivity index is 1.57. The molecule has 1 aliphatic rings. The average Bonchev–Trinajstić information content (AvgIpc) is 3.45. The number of carbonyl (C=O) groups is 1. The fraction of sp³-hybridized carbons (Fsp3) is 0.130. The van der Waals surface area contributed by atoms with Gasteiger partial charge in [0.15, 0.2) is 5.60 Å². The molecule has 4 aromatic rings. The molecule has 0 radical (unpaired) electrons. The van der Waals surface area contributed by atoms with Crippen molar-refractivity contribution in [3.63, 3.8) is 0 Å². The van der Waals surface area contributed by atoms with E-state index in [1.165, 1.54) is 34.4 Å². The summed E-state index contributed by atoms with van der Waals surface area (Å²) in [5, 5.41) is 13.4. The van der Waals surface area contributed by atoms with Gasteiger partial charge in [0.1, 0.15) is 17.3 Å². The first-order valence-electron chi connectivity index (χ1n) is 9.38. The van der Waals surface area contributed by atoms with Crippen LogP contribution < -0.4 is 4.90 Å². The number of hydrogen-bond donors (Lipinski definition) is 1. The third kappa shape index (κ3) is 2.78. The lowest BCUT2D eigenvalue weighted by Crippen LogP contribution is -2.41. The minimum absolute atomic E-state index is 0.133. The van der Waals surface area contributed by atoms with E-state index in [1.807, 2.05) is 17.5 Å². The summed E-state index contributed by atoms with van der Waals surface area (Å²) >= 11 is 1.52. The van der Waals surface area contributed by atoms with Crippen LogP contribution in [0.2, 0.25) is 0 Å². The largest absolute Gasteiger partial charge is 0.440 e. The molecule has 5 rings (SSSR count). The number of para-hydroxylation sites is 1. The third-order valence-electron chi connectivity index (χ3n) is 5.31. The quantitative estimate of drug-likeness (QED) is 0.523. The molecule has 2 aromatic carbocycles. The number of benzene rings is 2. The predicted octanol–water partition coefficient (Wildman–Crippen LogP) is 4.63. The zero-order chi connectivity index (χ0) is 20.9. The highest BCUT2D eigenvalue weighted by Gasteiger charge is 2.51. The van der Waals surface area contributed by atoms with Gasteiger partial charge in [-0.15, -0.1) is 11.3 Å². The van der Waals surface area contributed by atoms with E-state index in [-0.39, 0.29) is 12.1 Å². The van der Waals surface area contributed by atoms with Crippen molar-refractivity contribution in [1.82, 2.24) is 4.98 Å². The molecular formula is C23H17FN2O3S. The van der Waals surface area contributed by atoms with E-state index in [9.17, 15) is 14.3 Å². The smallest absolute Gasteiger partial charge is 0.268 e. The normalized spacial score (nSPS) is 18.1. The number of hydrogen-bond acceptors (Lipinski definition) is 5. The maximum Gasteiger partial charge on any atom is 0.268 e. The second kappa shape index (κ2) is 6.90. The lowest BCUT2D eigenvalue weighted by atomic mass is 9.87. The fourth-order valence-electron chi connectivity index (χ4n) is 3.81. The van der Waals surface area contributed by atoms with Gasteiger partial charge in [0.25, 0.3) is 5.91 Å². The van der Waals surface area contributed by atoms with E-state index < -0.39 is 17.3 Å². The van der Waals surface area contributed by atoms with Gasteiger partial charge in [0.2, 0.25) is 5.89 Å². The third-order valence-corrected chi connectivity index (χ3v) is 6.17. The number of thiophene rings is 1. The summed E-state index contributed by atoms with van der Waals surface area (Å²) in [5.74, 6) is 0.0367. The molecule has 0 aliphatic carbocycles. The van der Waals surface area contributed by atoms with E-state index in [1.54, 1.807) is 37.3 Å². The van der Waals surface area contributed by atoms with Crippen molar-refractivity contribution in [3.05, 3.63) is 94.4 Å². The van der Waals surface area contributed by atoms with Crippen LogP contribution in [0.25, 0.3) is 10.8 Å². The number of rotatable bonds is 4. The molecule has 5 nitrogen and oxygen atoms in total. The summed E-state index contributed by atoms with van der Waals surface area (Å²) in [6.07, 6.45) is 0. The molecule has 0 unspecified atom stereocenters. The van der Waals surface area contributed by atoms with Crippen LogP contribution in [-0.2, 0) is 16.9 Å². The van der Waals surface area contributed by atoms with Crippen molar-refractivity contribution in [2.24, 2.45) is 0 Å². The number of aromatic nitrogens is 1. The molecule has 0 spiro atoms. The van der Waals surface area contributed by atoms with Gasteiger partial charge in [-0.3, -0.25) is 4.79 Å². The molecule has 2 aromatic heterocycles. The van der Waals surface area contributed by atoms with E-state index in [0.29, 0.717) is 28.6 Å². The van der Waals surface area contributed by atoms with Crippen molar-refractivity contribution in [3.8, 4) is 10.8 Å². The first-order valence-corrected chi connectivity index (χ1v) is 10.3. The van der Waals surface area contributed by atoms with Gasteiger partial charge in [-0.05, 0) is 36.6 Å². The molecule has 30 heavy (non-hydrogen) atoms. The molecule has 3 heterocycles. The number of anilines is 1. The van der Waals surface area contributed by atoms with Crippen LogP contribution in [0.5, 0.6) is 0 Å². The first-order chi connectivity index (χ1) is 14.5. The van der Waals surface area contributed by atoms with Gasteiger partial charge < -0.3 is 14.4 Å². The highest BCUT2D eigenvalue weighted by atomic mass is 32.1. The molecule has 0 fully saturated rings. The van der Waals surface area contributed by atoms with Crippen molar-refractivity contribution >= 4 is 22.9 Å². The topological polar surface area (TPSA) is 66.6 Å². The minimum atomic E-state index is -1.97. The van der Waals surface area contributed by atoms with Gasteiger partial charge >= 0.3 is 0 Å². The molecule has 1 amide bonds. The van der Waals surface area contributed by atoms with E-state index in [4.69, 9.17) is 4.42 Å². The maximum atomic E-state index is 13.9. The second-order valence-corrected chi connectivity index (χ2v) is 8.08. The van der Waals surface area contributed by atoms with Gasteiger partial charge in [-0.1, -0.05) is 36.4 Å². The fourth-order valence-corrected chi connectivity index (χ4v) is 4.46. The number of halogens is 1. The Labute approximate surface area is 176 Å². The SMILES string of the molecule is Cc1oc(-c2cccs2)nc1CN1C(=O)[C@](O)(c2cccc(F)c2)c2ccccc21. The lowest BCUT2D eigenvalue weighted by molar-refractivity contribution is -0.132. The Bertz CT molecular complexity index is 1250. The zero-order valence-electron chi connectivity index (χ0n) is 16.0. The standard InChI is InChI=1S/C23H17FN2O3S/c1-14-18(25-21(29-14)20-10-5-11-30-20)13-26-19-9-3-2-8-17(19)23(28,22(26)27)15-6-4-7-16(24)12-15/h2-12,28H,13H2,1H3/t23-/m0/s1. The Morgan fingerprint density at radius 1 is 1.17 bits per heavy atom. The van der Waals surface area contributed by atoms with Crippen LogP contribution in [0.1, 0.15) is 22.6 Å². The summed E-state index contributed by atoms with van der Waals surface area (Å²) in [6.45, 7) is 1.93. The van der Waals surface area contributed by atoms with Crippen LogP contribution in [0.4, 0.5) is 10.1 Å². The molecule has 1 aliphatic heterocycles. The number of carbonyl (C=O) groups excluding carboxylic acids is 1. The Morgan fingerprint density at radius 2 is 2.00 bits per heavy atom. The van der Waals surface area contributed by atoms with Crippen LogP contribution >= 0.6 is 11.3 Å². The van der Waals surface area contributed by atoms with Gasteiger partial charge in [0.05, 0.1) is 17.1 Å². The van der Waals surface area contributed by atoms with Gasteiger partial charge in [0, 0.05) is 11.1 Å². The van der Waals surface area contributed by atoms with E-state index in [0.717, 1.165) is 4.88 Å². The highest BCUT2D eigenvalue weighted by Crippen LogP contribution is 2.45. The van der Waals surface area contributed by atoms with Crippen molar-refractivity contribution in [1.29, 1.82) is 0 Å². The van der Waals surface area contributed by atoms with Gasteiger partial charge in [-0.2, -0.15) is 0 Å². The number of oxazole rings is 1. The van der Waals surface area contributed by atoms with Crippen LogP contribution in [0.3, 0.4) is 0 Å². The maximum absolute atomic E-state index is 13.9. The number of aryl methyl sites for hydroxylation is 1. The minimum Gasteiger partial charge on any atom is -0.440 e. The lowest BCUT2D eigenvalue weighted by Gasteiger charge is -2.23. The Kier molecular flexibility index (Phi) is 4.30. The number of nitrogens with zero attached hydrogens (tertiary/aromatic N) is 2. The van der Waals surface area contributed by atoms with Crippen molar-refractivity contribution < 1.29 is 18.7 Å². The monoisotopic (exact) mass is 420 g/mol. The molecular weight excluding hydrogens is 403 g/mol. The van der Waals surface area contributed by atoms with E-state index >= 15 is 0 Å². The summed E-state index contributed by atoms with van der Waals surface area (Å²) in [7, 11) is 0. The zero-order valence-corrected chi connectivity index (χ0v) is 16.8. The van der Waals surface area contributed by atoms with Crippen molar-refractivity contribution in [2.75, 3.05) is 4.90 Å². The Morgan fingerprint density at radius 3 is 2.77 bits per heavy atom. The molecule has 0 saturated heterocycles. The number of fused-ring (bicyclic) bond motifs is 1. The Hall–Kier alpha value is -3.29. The molecule has 150 valence electrons. The average molecular weight is 420 g/mol. The summed E-state index contributed by atoms with van der Waals surface area (Å²) < 4.78 is 19.7. The first kappa shape index (κ1) is 18.7. The predicted molar refractivity (Wildman–Crippen MR) is 112 cm³/mol. The molecule has 1 atom stereocenters. The molecule has 1 N–H and O–H groups in total. The van der Waals surface area contributed by atoms with Gasteiger partial charge in [-0.25, -0.2) is 9.37 Å².